The van der Waals surface area contributed by atoms with Crippen molar-refractivity contribution in [3.05, 3.63) is 28.5 Å². The lowest BCUT2D eigenvalue weighted by atomic mass is 9.80. The molecule has 2 N–H and O–H groups in total. The Morgan fingerprint density at radius 1 is 1.32 bits per heavy atom. The van der Waals surface area contributed by atoms with Crippen LogP contribution in [0.4, 0.5) is 26.7 Å². The molecule has 2 fully saturated rings. The fourth-order valence-electron chi connectivity index (χ4n) is 3.93. The molecule has 0 unspecified atom stereocenters. The molecule has 3 rings (SSSR count). The Morgan fingerprint density at radius 3 is 2.58 bits per heavy atom. The van der Waals surface area contributed by atoms with Crippen molar-refractivity contribution in [2.24, 2.45) is 5.92 Å². The fourth-order valence-corrected chi connectivity index (χ4v) is 4.15. The predicted octanol–water partition coefficient (Wildman–Crippen LogP) is 4.15. The summed E-state index contributed by atoms with van der Waals surface area (Å²) in [7, 11) is 0. The monoisotopic (exact) mass is 468 g/mol. The van der Waals surface area contributed by atoms with E-state index >= 15 is 0 Å². The van der Waals surface area contributed by atoms with Crippen LogP contribution < -0.4 is 10.6 Å². The minimum absolute atomic E-state index is 0.000353. The highest BCUT2D eigenvalue weighted by Crippen LogP contribution is 2.42. The number of nitrogens with one attached hydrogen (secondary N) is 2. The van der Waals surface area contributed by atoms with E-state index < -0.39 is 59.7 Å². The second kappa shape index (κ2) is 8.76. The van der Waals surface area contributed by atoms with E-state index in [-0.39, 0.29) is 37.5 Å². The summed E-state index contributed by atoms with van der Waals surface area (Å²) in [5, 5.41) is 4.65. The Morgan fingerprint density at radius 2 is 1.97 bits per heavy atom. The van der Waals surface area contributed by atoms with Gasteiger partial charge in [-0.15, -0.1) is 0 Å². The van der Waals surface area contributed by atoms with Gasteiger partial charge in [0.2, 0.25) is 11.8 Å². The molecule has 2 atom stereocenters. The Bertz CT molecular complexity index is 841. The molecule has 1 saturated carbocycles. The van der Waals surface area contributed by atoms with Crippen LogP contribution in [0.15, 0.2) is 12.1 Å². The number of aromatic nitrogens is 1. The normalized spacial score (nSPS) is 23.3. The standard InChI is InChI=1S/C19H22ClF5N4O2/c1-10-16(30)26-8-9-29(10)17(31)28-14(11-4-6-18(21,22)7-5-11)13-3-2-12(20)15(27-13)19(23,24)25/h2-3,10-11,14H,4-9H2,1H3,(H,26,30)(H,28,31)/t10-,14+/m1/s1. The van der Waals surface area contributed by atoms with Crippen LogP contribution in [0.2, 0.25) is 5.02 Å². The smallest absolute Gasteiger partial charge is 0.353 e. The molecule has 1 saturated heterocycles. The molecule has 0 radical (unpaired) electrons. The lowest BCUT2D eigenvalue weighted by molar-refractivity contribution is -0.141. The zero-order valence-corrected chi connectivity index (χ0v) is 17.4. The van der Waals surface area contributed by atoms with Gasteiger partial charge in [0, 0.05) is 25.9 Å². The molecule has 2 aliphatic rings. The highest BCUT2D eigenvalue weighted by Gasteiger charge is 2.41. The SMILES string of the molecule is C[C@@H]1C(=O)NCCN1C(=O)N[C@H](c1ccc(Cl)c(C(F)(F)F)n1)C1CCC(F)(F)CC1. The maximum atomic E-state index is 13.6. The number of alkyl halides is 5. The van der Waals surface area contributed by atoms with Crippen molar-refractivity contribution in [3.8, 4) is 0 Å². The molecule has 31 heavy (non-hydrogen) atoms. The van der Waals surface area contributed by atoms with Gasteiger partial charge in [-0.05, 0) is 37.8 Å². The lowest BCUT2D eigenvalue weighted by Crippen LogP contribution is -2.58. The molecule has 1 aliphatic carbocycles. The maximum absolute atomic E-state index is 13.6. The number of carbonyl (C=O) groups excluding carboxylic acids is 2. The largest absolute Gasteiger partial charge is 0.434 e. The van der Waals surface area contributed by atoms with Crippen LogP contribution >= 0.6 is 11.6 Å². The van der Waals surface area contributed by atoms with Crippen molar-refractivity contribution < 1.29 is 31.5 Å². The average molecular weight is 469 g/mol. The Balaban J connectivity index is 1.90. The molecule has 0 spiro atoms. The van der Waals surface area contributed by atoms with Crippen LogP contribution in [0.3, 0.4) is 0 Å². The maximum Gasteiger partial charge on any atom is 0.434 e. The van der Waals surface area contributed by atoms with Crippen LogP contribution in [0.5, 0.6) is 0 Å². The fraction of sp³-hybridized carbons (Fsp3) is 0.632. The minimum Gasteiger partial charge on any atom is -0.353 e. The van der Waals surface area contributed by atoms with Crippen LogP contribution in [0.25, 0.3) is 0 Å². The first-order chi connectivity index (χ1) is 14.4. The summed E-state index contributed by atoms with van der Waals surface area (Å²) in [6, 6.07) is -0.217. The quantitative estimate of drug-likeness (QED) is 0.654. The highest BCUT2D eigenvalue weighted by atomic mass is 35.5. The van der Waals surface area contributed by atoms with Crippen molar-refractivity contribution in [2.75, 3.05) is 13.1 Å². The van der Waals surface area contributed by atoms with Gasteiger partial charge in [0.25, 0.3) is 0 Å². The average Bonchev–Trinajstić information content (AvgIpc) is 2.68. The van der Waals surface area contributed by atoms with E-state index in [1.54, 1.807) is 0 Å². The number of halogens is 6. The van der Waals surface area contributed by atoms with Gasteiger partial charge in [-0.1, -0.05) is 11.6 Å². The zero-order valence-electron chi connectivity index (χ0n) is 16.6. The van der Waals surface area contributed by atoms with Gasteiger partial charge in [-0.2, -0.15) is 13.2 Å². The third kappa shape index (κ3) is 5.36. The zero-order chi connectivity index (χ0) is 23.0. The Labute approximate surface area is 180 Å². The van der Waals surface area contributed by atoms with Gasteiger partial charge in [-0.3, -0.25) is 4.79 Å². The Kier molecular flexibility index (Phi) is 6.64. The molecular weight excluding hydrogens is 447 g/mol. The first-order valence-electron chi connectivity index (χ1n) is 9.85. The summed E-state index contributed by atoms with van der Waals surface area (Å²) in [5.41, 5.74) is -1.42. The minimum atomic E-state index is -4.82. The predicted molar refractivity (Wildman–Crippen MR) is 102 cm³/mol. The number of amides is 3. The first-order valence-corrected chi connectivity index (χ1v) is 10.2. The van der Waals surface area contributed by atoms with Crippen molar-refractivity contribution >= 4 is 23.5 Å². The number of pyridine rings is 1. The molecule has 1 aliphatic heterocycles. The molecule has 3 amide bonds. The summed E-state index contributed by atoms with van der Waals surface area (Å²) >= 11 is 5.65. The molecular formula is C19H22ClF5N4O2. The van der Waals surface area contributed by atoms with E-state index in [2.05, 4.69) is 15.6 Å². The highest BCUT2D eigenvalue weighted by molar-refractivity contribution is 6.31. The van der Waals surface area contributed by atoms with E-state index in [4.69, 9.17) is 11.6 Å². The van der Waals surface area contributed by atoms with E-state index in [0.717, 1.165) is 6.07 Å². The molecule has 0 aromatic carbocycles. The van der Waals surface area contributed by atoms with E-state index in [1.165, 1.54) is 17.9 Å². The summed E-state index contributed by atoms with van der Waals surface area (Å²) < 4.78 is 67.2. The number of piperazine rings is 1. The van der Waals surface area contributed by atoms with E-state index in [0.29, 0.717) is 0 Å². The van der Waals surface area contributed by atoms with E-state index in [1.807, 2.05) is 0 Å². The number of carbonyl (C=O) groups is 2. The van der Waals surface area contributed by atoms with Gasteiger partial charge >= 0.3 is 12.2 Å². The van der Waals surface area contributed by atoms with Crippen LogP contribution in [-0.2, 0) is 11.0 Å². The van der Waals surface area contributed by atoms with Crippen molar-refractivity contribution in [2.45, 2.75) is 56.8 Å². The van der Waals surface area contributed by atoms with Gasteiger partial charge < -0.3 is 15.5 Å². The second-order valence-corrected chi connectivity index (χ2v) is 8.25. The number of hydrogen-bond donors (Lipinski definition) is 2. The lowest BCUT2D eigenvalue weighted by Gasteiger charge is -2.37. The number of urea groups is 1. The molecule has 6 nitrogen and oxygen atoms in total. The van der Waals surface area contributed by atoms with Gasteiger partial charge in [-0.25, -0.2) is 18.6 Å². The van der Waals surface area contributed by atoms with Crippen molar-refractivity contribution in [3.63, 3.8) is 0 Å². The molecule has 172 valence electrons. The molecule has 1 aromatic rings. The molecule has 2 heterocycles. The number of rotatable bonds is 3. The van der Waals surface area contributed by atoms with Crippen molar-refractivity contribution in [1.82, 2.24) is 20.5 Å². The van der Waals surface area contributed by atoms with Crippen molar-refractivity contribution in [1.29, 1.82) is 0 Å². The number of nitrogens with zero attached hydrogens (tertiary/aromatic N) is 2. The Hall–Kier alpha value is -2.17. The third-order valence-corrected chi connectivity index (χ3v) is 6.03. The van der Waals surface area contributed by atoms with Crippen LogP contribution in [0, 0.1) is 5.92 Å². The van der Waals surface area contributed by atoms with E-state index in [9.17, 15) is 31.5 Å². The summed E-state index contributed by atoms with van der Waals surface area (Å²) in [6.07, 6.45) is -5.70. The first kappa shape index (κ1) is 23.5. The molecule has 1 aromatic heterocycles. The van der Waals surface area contributed by atoms with Gasteiger partial charge in [0.1, 0.15) is 6.04 Å². The van der Waals surface area contributed by atoms with Gasteiger partial charge in [0.05, 0.1) is 16.8 Å². The summed E-state index contributed by atoms with van der Waals surface area (Å²) in [4.78, 5) is 29.6. The van der Waals surface area contributed by atoms with Crippen LogP contribution in [0.1, 0.15) is 50.0 Å². The topological polar surface area (TPSA) is 74.3 Å². The summed E-state index contributed by atoms with van der Waals surface area (Å²) in [6.45, 7) is 1.96. The third-order valence-electron chi connectivity index (χ3n) is 5.73. The molecule has 0 bridgehead atoms. The summed E-state index contributed by atoms with van der Waals surface area (Å²) in [5.74, 6) is -3.76. The second-order valence-electron chi connectivity index (χ2n) is 7.85. The van der Waals surface area contributed by atoms with Gasteiger partial charge in [0.15, 0.2) is 5.69 Å². The van der Waals surface area contributed by atoms with Crippen LogP contribution in [-0.4, -0.2) is 46.9 Å². The number of hydrogen-bond acceptors (Lipinski definition) is 3. The molecule has 12 heteroatoms.